The van der Waals surface area contributed by atoms with E-state index in [0.29, 0.717) is 6.54 Å². The highest BCUT2D eigenvalue weighted by atomic mass is 16.1. The molecule has 0 aliphatic heterocycles. The van der Waals surface area contributed by atoms with E-state index in [-0.39, 0.29) is 17.0 Å². The van der Waals surface area contributed by atoms with E-state index >= 15 is 0 Å². The van der Waals surface area contributed by atoms with Gasteiger partial charge in [-0.05, 0) is 34.4 Å². The highest BCUT2D eigenvalue weighted by molar-refractivity contribution is 5.85. The maximum Gasteiger partial charge on any atom is 0.268 e. The van der Waals surface area contributed by atoms with Crippen molar-refractivity contribution in [3.63, 3.8) is 0 Å². The monoisotopic (exact) mass is 302 g/mol. The minimum absolute atomic E-state index is 0.189. The minimum Gasteiger partial charge on any atom is -0.307 e. The fraction of sp³-hybridized carbons (Fsp3) is 0.200. The fourth-order valence-electron chi connectivity index (χ4n) is 2.95. The van der Waals surface area contributed by atoms with Crippen LogP contribution < -0.4 is 5.56 Å². The third kappa shape index (κ3) is 2.76. The zero-order chi connectivity index (χ0) is 16.4. The van der Waals surface area contributed by atoms with Gasteiger partial charge in [0.25, 0.3) is 5.56 Å². The van der Waals surface area contributed by atoms with Gasteiger partial charge in [-0.15, -0.1) is 0 Å². The first-order valence-electron chi connectivity index (χ1n) is 7.72. The molecule has 0 aliphatic rings. The number of fused-ring (bicyclic) bond motifs is 1. The van der Waals surface area contributed by atoms with Gasteiger partial charge in [0.2, 0.25) is 0 Å². The Balaban J connectivity index is 2.19. The van der Waals surface area contributed by atoms with E-state index in [9.17, 15) is 4.79 Å². The molecule has 0 atom stereocenters. The lowest BCUT2D eigenvalue weighted by Gasteiger charge is -2.17. The predicted molar refractivity (Wildman–Crippen MR) is 92.6 cm³/mol. The molecular formula is C20H18N2O. The molecule has 3 rings (SSSR count). The van der Waals surface area contributed by atoms with Crippen LogP contribution in [0.25, 0.3) is 10.8 Å². The third-order valence-electron chi connectivity index (χ3n) is 4.13. The van der Waals surface area contributed by atoms with Gasteiger partial charge in [-0.2, -0.15) is 5.26 Å². The molecule has 0 saturated carbocycles. The van der Waals surface area contributed by atoms with Crippen LogP contribution in [-0.2, 0) is 6.54 Å². The zero-order valence-corrected chi connectivity index (χ0v) is 13.3. The Morgan fingerprint density at radius 1 is 1.04 bits per heavy atom. The maximum absolute atomic E-state index is 12.6. The lowest BCUT2D eigenvalue weighted by atomic mass is 10.0. The van der Waals surface area contributed by atoms with Gasteiger partial charge in [0.05, 0.1) is 6.54 Å². The first-order chi connectivity index (χ1) is 11.1. The molecule has 2 aromatic carbocycles. The zero-order valence-electron chi connectivity index (χ0n) is 13.3. The molecule has 0 spiro atoms. The molecule has 3 heteroatoms. The van der Waals surface area contributed by atoms with Gasteiger partial charge >= 0.3 is 0 Å². The number of benzene rings is 2. The average molecular weight is 302 g/mol. The van der Waals surface area contributed by atoms with Crippen LogP contribution in [0.1, 0.15) is 36.6 Å². The lowest BCUT2D eigenvalue weighted by molar-refractivity contribution is 0.659. The van der Waals surface area contributed by atoms with E-state index in [1.165, 1.54) is 0 Å². The maximum atomic E-state index is 12.6. The molecule has 0 unspecified atom stereocenters. The third-order valence-corrected chi connectivity index (χ3v) is 4.13. The highest BCUT2D eigenvalue weighted by Crippen LogP contribution is 2.21. The summed E-state index contributed by atoms with van der Waals surface area (Å²) in [5, 5.41) is 11.4. The number of hydrogen-bond donors (Lipinski definition) is 0. The van der Waals surface area contributed by atoms with Gasteiger partial charge in [-0.1, -0.05) is 56.3 Å². The number of nitriles is 1. The largest absolute Gasteiger partial charge is 0.307 e. The van der Waals surface area contributed by atoms with Crippen molar-refractivity contribution in [2.45, 2.75) is 26.3 Å². The lowest BCUT2D eigenvalue weighted by Crippen LogP contribution is -2.26. The Kier molecular flexibility index (Phi) is 3.99. The van der Waals surface area contributed by atoms with E-state index in [1.54, 1.807) is 10.6 Å². The van der Waals surface area contributed by atoms with Gasteiger partial charge in [0.15, 0.2) is 0 Å². The Morgan fingerprint density at radius 3 is 2.52 bits per heavy atom. The summed E-state index contributed by atoms with van der Waals surface area (Å²) in [5.74, 6) is 0.213. The molecule has 0 aliphatic carbocycles. The normalized spacial score (nSPS) is 10.9. The number of pyridine rings is 1. The molecule has 1 heterocycles. The van der Waals surface area contributed by atoms with Crippen LogP contribution in [0, 0.1) is 11.3 Å². The Labute approximate surface area is 135 Å². The van der Waals surface area contributed by atoms with Crippen LogP contribution >= 0.6 is 0 Å². The smallest absolute Gasteiger partial charge is 0.268 e. The molecule has 0 amide bonds. The summed E-state index contributed by atoms with van der Waals surface area (Å²) in [7, 11) is 0. The van der Waals surface area contributed by atoms with Gasteiger partial charge in [0, 0.05) is 5.69 Å². The van der Waals surface area contributed by atoms with Crippen molar-refractivity contribution in [1.29, 1.82) is 5.26 Å². The summed E-state index contributed by atoms with van der Waals surface area (Å²) in [6.45, 7) is 4.59. The van der Waals surface area contributed by atoms with Crippen molar-refractivity contribution in [1.82, 2.24) is 4.57 Å². The van der Waals surface area contributed by atoms with E-state index in [2.05, 4.69) is 32.0 Å². The molecule has 0 fully saturated rings. The molecule has 1 aromatic heterocycles. The van der Waals surface area contributed by atoms with Gasteiger partial charge < -0.3 is 4.57 Å². The SMILES string of the molecule is CC(C)c1ccc(C#N)c(=O)n1Cc1cccc2ccccc12. The minimum atomic E-state index is -0.216. The number of hydrogen-bond acceptors (Lipinski definition) is 2. The molecule has 0 saturated heterocycles. The molecule has 0 N–H and O–H groups in total. The second kappa shape index (κ2) is 6.10. The van der Waals surface area contributed by atoms with E-state index in [1.807, 2.05) is 36.4 Å². The van der Waals surface area contributed by atoms with Crippen molar-refractivity contribution in [3.05, 3.63) is 81.8 Å². The average Bonchev–Trinajstić information content (AvgIpc) is 2.56. The summed E-state index contributed by atoms with van der Waals surface area (Å²) in [5.41, 5.74) is 2.00. The van der Waals surface area contributed by atoms with Crippen molar-refractivity contribution < 1.29 is 0 Å². The van der Waals surface area contributed by atoms with Crippen LogP contribution in [-0.4, -0.2) is 4.57 Å². The Hall–Kier alpha value is -2.86. The molecular weight excluding hydrogens is 284 g/mol. The summed E-state index contributed by atoms with van der Waals surface area (Å²) < 4.78 is 1.73. The quantitative estimate of drug-likeness (QED) is 0.733. The van der Waals surface area contributed by atoms with E-state index in [0.717, 1.165) is 22.0 Å². The Bertz CT molecular complexity index is 956. The summed E-state index contributed by atoms with van der Waals surface area (Å²) >= 11 is 0. The first-order valence-corrected chi connectivity index (χ1v) is 7.72. The molecule has 3 aromatic rings. The molecule has 3 nitrogen and oxygen atoms in total. The molecule has 23 heavy (non-hydrogen) atoms. The number of aromatic nitrogens is 1. The fourth-order valence-corrected chi connectivity index (χ4v) is 2.95. The van der Waals surface area contributed by atoms with E-state index in [4.69, 9.17) is 5.26 Å². The number of nitrogens with zero attached hydrogens (tertiary/aromatic N) is 2. The van der Waals surface area contributed by atoms with Gasteiger partial charge in [-0.25, -0.2) is 0 Å². The van der Waals surface area contributed by atoms with Crippen LogP contribution in [0.3, 0.4) is 0 Å². The predicted octanol–water partition coefficient (Wildman–Crippen LogP) is 4.04. The summed E-state index contributed by atoms with van der Waals surface area (Å²) in [6, 6.07) is 19.8. The highest BCUT2D eigenvalue weighted by Gasteiger charge is 2.12. The van der Waals surface area contributed by atoms with Gasteiger partial charge in [-0.3, -0.25) is 4.79 Å². The molecule has 0 bridgehead atoms. The van der Waals surface area contributed by atoms with Crippen molar-refractivity contribution in [2.24, 2.45) is 0 Å². The first kappa shape index (κ1) is 15.1. The van der Waals surface area contributed by atoms with Gasteiger partial charge in [0.1, 0.15) is 11.6 Å². The summed E-state index contributed by atoms with van der Waals surface area (Å²) in [6.07, 6.45) is 0. The topological polar surface area (TPSA) is 45.8 Å². The van der Waals surface area contributed by atoms with Crippen LogP contribution in [0.15, 0.2) is 59.4 Å². The van der Waals surface area contributed by atoms with Crippen molar-refractivity contribution in [2.75, 3.05) is 0 Å². The number of rotatable bonds is 3. The van der Waals surface area contributed by atoms with Crippen LogP contribution in [0.5, 0.6) is 0 Å². The second-order valence-corrected chi connectivity index (χ2v) is 5.97. The van der Waals surface area contributed by atoms with Crippen molar-refractivity contribution >= 4 is 10.8 Å². The standard InChI is InChI=1S/C20H18N2O/c1-14(2)19-11-10-16(12-21)20(23)22(19)13-17-8-5-7-15-6-3-4-9-18(15)17/h3-11,14H,13H2,1-2H3. The Morgan fingerprint density at radius 2 is 1.78 bits per heavy atom. The van der Waals surface area contributed by atoms with Crippen LogP contribution in [0.2, 0.25) is 0 Å². The van der Waals surface area contributed by atoms with Crippen LogP contribution in [0.4, 0.5) is 0 Å². The summed E-state index contributed by atoms with van der Waals surface area (Å²) in [4.78, 5) is 12.6. The molecule has 0 radical (unpaired) electrons. The van der Waals surface area contributed by atoms with E-state index < -0.39 is 0 Å². The molecule has 114 valence electrons. The van der Waals surface area contributed by atoms with Crippen molar-refractivity contribution in [3.8, 4) is 6.07 Å². The second-order valence-electron chi connectivity index (χ2n) is 5.97.